The molecule has 4 rings (SSSR count). The molecule has 0 aliphatic heterocycles. The Bertz CT molecular complexity index is 1380. The van der Waals surface area contributed by atoms with E-state index in [1.807, 2.05) is 0 Å². The number of carbonyl (C=O) groups is 2. The van der Waals surface area contributed by atoms with Gasteiger partial charge in [-0.25, -0.2) is 9.18 Å². The van der Waals surface area contributed by atoms with Crippen LogP contribution in [0.3, 0.4) is 0 Å². The van der Waals surface area contributed by atoms with Crippen LogP contribution in [-0.4, -0.2) is 42.9 Å². The molecule has 1 fully saturated rings. The molecule has 1 saturated carbocycles. The minimum Gasteiger partial charge on any atom is -0.496 e. The fourth-order valence-corrected chi connectivity index (χ4v) is 3.58. The molecule has 4 N–H and O–H groups in total. The molecular formula is C23H19ClF4N4O5. The molecule has 1 aromatic heterocycles. The largest absolute Gasteiger partial charge is 0.496 e. The third-order valence-corrected chi connectivity index (χ3v) is 5.55. The maximum atomic E-state index is 15.2. The zero-order valence-corrected chi connectivity index (χ0v) is 19.8. The summed E-state index contributed by atoms with van der Waals surface area (Å²) >= 11 is 6.23. The fourth-order valence-electron chi connectivity index (χ4n) is 3.34. The van der Waals surface area contributed by atoms with Gasteiger partial charge < -0.3 is 30.6 Å². The molecule has 1 aliphatic rings. The number of nitrogens with one attached hydrogen (secondary N) is 2. The number of halogens is 5. The van der Waals surface area contributed by atoms with Gasteiger partial charge in [-0.1, -0.05) is 11.6 Å². The van der Waals surface area contributed by atoms with Gasteiger partial charge >= 0.3 is 12.2 Å². The zero-order valence-electron chi connectivity index (χ0n) is 19.0. The van der Waals surface area contributed by atoms with E-state index in [-0.39, 0.29) is 39.7 Å². The van der Waals surface area contributed by atoms with Crippen molar-refractivity contribution in [2.75, 3.05) is 19.0 Å². The second-order valence-corrected chi connectivity index (χ2v) is 8.38. The van der Waals surface area contributed by atoms with Crippen molar-refractivity contribution in [3.8, 4) is 23.0 Å². The lowest BCUT2D eigenvalue weighted by Crippen LogP contribution is -2.30. The van der Waals surface area contributed by atoms with E-state index in [0.717, 1.165) is 18.9 Å². The molecule has 0 bridgehead atoms. The summed E-state index contributed by atoms with van der Waals surface area (Å²) < 4.78 is 69.6. The molecule has 9 nitrogen and oxygen atoms in total. The standard InChI is InChI=1S/C23H19ClF4N4O5/c1-35-17-8-14-11(6-12(17)21(29)33)16(4-5-30-14)37-19-13(25)7-15(32-22(34)31-10-2-3-10)18(24)20(19)36-9-23(26,27)28/h4-8,10H,2-3,9H2,1H3,(H2,29,33)(H2,31,32,34). The van der Waals surface area contributed by atoms with Crippen LogP contribution in [0.4, 0.5) is 28.0 Å². The molecule has 0 atom stereocenters. The first-order valence-corrected chi connectivity index (χ1v) is 11.1. The number of amides is 3. The van der Waals surface area contributed by atoms with Crippen molar-refractivity contribution in [1.29, 1.82) is 0 Å². The highest BCUT2D eigenvalue weighted by atomic mass is 35.5. The number of anilines is 1. The SMILES string of the molecule is COc1cc2nccc(Oc3c(F)cc(NC(=O)NC4CC4)c(Cl)c3OCC(F)(F)F)c2cc1C(N)=O. The van der Waals surface area contributed by atoms with Crippen LogP contribution >= 0.6 is 11.6 Å². The summed E-state index contributed by atoms with van der Waals surface area (Å²) in [5, 5.41) is 4.53. The predicted octanol–water partition coefficient (Wildman–Crippen LogP) is 5.15. The number of hydrogen-bond donors (Lipinski definition) is 3. The number of aromatic nitrogens is 1. The van der Waals surface area contributed by atoms with E-state index < -0.39 is 47.1 Å². The first-order valence-electron chi connectivity index (χ1n) is 10.7. The number of ether oxygens (including phenoxy) is 3. The van der Waals surface area contributed by atoms with Gasteiger partial charge in [0.25, 0.3) is 5.91 Å². The Morgan fingerprint density at radius 2 is 1.92 bits per heavy atom. The Labute approximate surface area is 211 Å². The molecule has 196 valence electrons. The summed E-state index contributed by atoms with van der Waals surface area (Å²) in [6, 6.07) is 3.98. The number of pyridine rings is 1. The van der Waals surface area contributed by atoms with E-state index in [1.165, 1.54) is 31.5 Å². The van der Waals surface area contributed by atoms with Crippen molar-refractivity contribution in [3.63, 3.8) is 0 Å². The summed E-state index contributed by atoms with van der Waals surface area (Å²) in [5.41, 5.74) is 5.28. The summed E-state index contributed by atoms with van der Waals surface area (Å²) in [7, 11) is 1.32. The third-order valence-electron chi connectivity index (χ3n) is 5.17. The number of benzene rings is 2. The molecule has 1 heterocycles. The lowest BCUT2D eigenvalue weighted by molar-refractivity contribution is -0.153. The summed E-state index contributed by atoms with van der Waals surface area (Å²) in [6.45, 7) is -1.82. The highest BCUT2D eigenvalue weighted by Gasteiger charge is 2.32. The number of nitrogens with two attached hydrogens (primary N) is 1. The van der Waals surface area contributed by atoms with Crippen molar-refractivity contribution in [3.05, 3.63) is 46.9 Å². The van der Waals surface area contributed by atoms with Gasteiger partial charge in [0.05, 0.1) is 23.9 Å². The number of alkyl halides is 3. The first kappa shape index (κ1) is 26.1. The predicted molar refractivity (Wildman–Crippen MR) is 125 cm³/mol. The van der Waals surface area contributed by atoms with E-state index in [1.54, 1.807) is 0 Å². The number of primary amides is 1. The Balaban J connectivity index is 1.78. The number of urea groups is 1. The van der Waals surface area contributed by atoms with Crippen LogP contribution in [0.2, 0.25) is 5.02 Å². The minimum absolute atomic E-state index is 0.0406. The van der Waals surface area contributed by atoms with Crippen LogP contribution in [-0.2, 0) is 0 Å². The van der Waals surface area contributed by atoms with Gasteiger partial charge in [0, 0.05) is 29.8 Å². The van der Waals surface area contributed by atoms with Gasteiger partial charge in [-0.3, -0.25) is 9.78 Å². The van der Waals surface area contributed by atoms with E-state index in [4.69, 9.17) is 31.5 Å². The first-order chi connectivity index (χ1) is 17.5. The summed E-state index contributed by atoms with van der Waals surface area (Å²) in [4.78, 5) is 28.1. The van der Waals surface area contributed by atoms with E-state index in [0.29, 0.717) is 0 Å². The Kier molecular flexibility index (Phi) is 7.16. The van der Waals surface area contributed by atoms with Crippen molar-refractivity contribution < 1.29 is 41.4 Å². The molecule has 3 amide bonds. The second-order valence-electron chi connectivity index (χ2n) is 8.00. The van der Waals surface area contributed by atoms with Crippen molar-refractivity contribution in [2.45, 2.75) is 25.1 Å². The number of hydrogen-bond acceptors (Lipinski definition) is 6. The van der Waals surface area contributed by atoms with Gasteiger partial charge in [-0.05, 0) is 25.0 Å². The molecule has 14 heteroatoms. The lowest BCUT2D eigenvalue weighted by atomic mass is 10.1. The van der Waals surface area contributed by atoms with Crippen molar-refractivity contribution in [1.82, 2.24) is 10.3 Å². The quantitative estimate of drug-likeness (QED) is 0.338. The Hall–Kier alpha value is -4.00. The lowest BCUT2D eigenvalue weighted by Gasteiger charge is -2.19. The average Bonchev–Trinajstić information content (AvgIpc) is 3.64. The smallest absolute Gasteiger partial charge is 0.422 e. The minimum atomic E-state index is -4.79. The van der Waals surface area contributed by atoms with Gasteiger partial charge in [-0.15, -0.1) is 0 Å². The van der Waals surface area contributed by atoms with Crippen LogP contribution < -0.4 is 30.6 Å². The molecule has 0 unspecified atom stereocenters. The number of nitrogens with zero attached hydrogens (tertiary/aromatic N) is 1. The van der Waals surface area contributed by atoms with Crippen LogP contribution in [0.1, 0.15) is 23.2 Å². The van der Waals surface area contributed by atoms with E-state index >= 15 is 4.39 Å². The maximum absolute atomic E-state index is 15.2. The van der Waals surface area contributed by atoms with Crippen LogP contribution in [0.5, 0.6) is 23.0 Å². The molecule has 2 aromatic carbocycles. The molecule has 0 spiro atoms. The highest BCUT2D eigenvalue weighted by Crippen LogP contribution is 2.46. The second kappa shape index (κ2) is 10.2. The average molecular weight is 543 g/mol. The topological polar surface area (TPSA) is 125 Å². The maximum Gasteiger partial charge on any atom is 0.422 e. The number of rotatable bonds is 8. The Morgan fingerprint density at radius 3 is 2.54 bits per heavy atom. The van der Waals surface area contributed by atoms with Gasteiger partial charge in [0.1, 0.15) is 16.5 Å². The van der Waals surface area contributed by atoms with Crippen LogP contribution in [0.15, 0.2) is 30.5 Å². The van der Waals surface area contributed by atoms with Crippen molar-refractivity contribution in [2.24, 2.45) is 5.73 Å². The highest BCUT2D eigenvalue weighted by molar-refractivity contribution is 6.35. The molecule has 1 aliphatic carbocycles. The van der Waals surface area contributed by atoms with Crippen LogP contribution in [0, 0.1) is 5.82 Å². The van der Waals surface area contributed by atoms with Gasteiger partial charge in [0.2, 0.25) is 5.75 Å². The molecular weight excluding hydrogens is 524 g/mol. The van der Waals surface area contributed by atoms with Crippen molar-refractivity contribution >= 4 is 40.1 Å². The summed E-state index contributed by atoms with van der Waals surface area (Å²) in [6.07, 6.45) is -1.97. The molecule has 0 radical (unpaired) electrons. The molecule has 37 heavy (non-hydrogen) atoms. The third kappa shape index (κ3) is 6.05. The molecule has 3 aromatic rings. The van der Waals surface area contributed by atoms with Crippen LogP contribution in [0.25, 0.3) is 10.9 Å². The number of carbonyl (C=O) groups excluding carboxylic acids is 2. The van der Waals surface area contributed by atoms with E-state index in [9.17, 15) is 22.8 Å². The molecule has 0 saturated heterocycles. The monoisotopic (exact) mass is 542 g/mol. The fraction of sp³-hybridized carbons (Fsp3) is 0.261. The number of methoxy groups -OCH3 is 1. The normalized spacial score (nSPS) is 13.2. The van der Waals surface area contributed by atoms with Gasteiger partial charge in [0.15, 0.2) is 18.2 Å². The number of fused-ring (bicyclic) bond motifs is 1. The van der Waals surface area contributed by atoms with Gasteiger partial charge in [-0.2, -0.15) is 13.2 Å². The zero-order chi connectivity index (χ0) is 26.9. The Morgan fingerprint density at radius 1 is 1.19 bits per heavy atom. The summed E-state index contributed by atoms with van der Waals surface area (Å²) in [5.74, 6) is -3.59. The van der Waals surface area contributed by atoms with E-state index in [2.05, 4.69) is 15.6 Å².